The Kier molecular flexibility index (Phi) is 6.33. The second-order valence-corrected chi connectivity index (χ2v) is 11.1. The molecule has 42 heavy (non-hydrogen) atoms. The molecular formula is C27H29FN10O4. The first-order valence-corrected chi connectivity index (χ1v) is 14.2. The Bertz CT molecular complexity index is 1610. The molecule has 2 aromatic heterocycles. The summed E-state index contributed by atoms with van der Waals surface area (Å²) in [5.41, 5.74) is 1.07. The van der Waals surface area contributed by atoms with Gasteiger partial charge in [0.25, 0.3) is 11.8 Å². The number of piperazine rings is 1. The lowest BCUT2D eigenvalue weighted by molar-refractivity contribution is -0.136. The first-order chi connectivity index (χ1) is 20.3. The highest BCUT2D eigenvalue weighted by atomic mass is 19.1. The van der Waals surface area contributed by atoms with E-state index >= 15 is 4.39 Å². The van der Waals surface area contributed by atoms with Gasteiger partial charge >= 0.3 is 0 Å². The molecule has 1 aliphatic carbocycles. The highest BCUT2D eigenvalue weighted by Gasteiger charge is 2.45. The number of carbonyl (C=O) groups is 4. The number of aryl methyl sites for hydroxylation is 1. The maximum Gasteiger partial charge on any atom is 0.262 e. The zero-order valence-corrected chi connectivity index (χ0v) is 22.9. The monoisotopic (exact) mass is 576 g/mol. The fraction of sp³-hybridized carbons (Fsp3) is 0.481. The number of piperidine rings is 1. The summed E-state index contributed by atoms with van der Waals surface area (Å²) in [4.78, 5) is 63.1. The Hall–Kier alpha value is -4.53. The van der Waals surface area contributed by atoms with Crippen LogP contribution < -0.4 is 10.2 Å². The minimum atomic E-state index is -1.11. The van der Waals surface area contributed by atoms with E-state index in [0.29, 0.717) is 26.2 Å². The van der Waals surface area contributed by atoms with Crippen molar-refractivity contribution in [3.05, 3.63) is 52.6 Å². The largest absolute Gasteiger partial charge is 0.367 e. The van der Waals surface area contributed by atoms with Crippen LogP contribution in [0.1, 0.15) is 82.7 Å². The number of imide groups is 2. The Balaban J connectivity index is 1.12. The predicted molar refractivity (Wildman–Crippen MR) is 143 cm³/mol. The van der Waals surface area contributed by atoms with Crippen LogP contribution >= 0.6 is 0 Å². The number of anilines is 1. The third-order valence-electron chi connectivity index (χ3n) is 8.46. The smallest absolute Gasteiger partial charge is 0.262 e. The topological polar surface area (TPSA) is 162 Å². The number of hydrogen-bond donors (Lipinski definition) is 2. The molecule has 3 fully saturated rings. The van der Waals surface area contributed by atoms with Crippen LogP contribution in [0.4, 0.5) is 10.1 Å². The Morgan fingerprint density at radius 1 is 1.02 bits per heavy atom. The molecule has 15 heteroatoms. The number of H-pyrrole nitrogens is 1. The molecule has 4 aliphatic rings. The zero-order valence-electron chi connectivity index (χ0n) is 22.9. The predicted octanol–water partition coefficient (Wildman–Crippen LogP) is 0.745. The third-order valence-corrected chi connectivity index (χ3v) is 8.46. The van der Waals surface area contributed by atoms with E-state index in [2.05, 4.69) is 35.7 Å². The van der Waals surface area contributed by atoms with Crippen LogP contribution in [0.2, 0.25) is 0 Å². The summed E-state index contributed by atoms with van der Waals surface area (Å²) in [7, 11) is 0. The van der Waals surface area contributed by atoms with Crippen LogP contribution in [0.15, 0.2) is 18.3 Å². The lowest BCUT2D eigenvalue weighted by Crippen LogP contribution is -2.54. The molecule has 0 bridgehead atoms. The number of rotatable bonds is 7. The van der Waals surface area contributed by atoms with Gasteiger partial charge < -0.3 is 9.88 Å². The fourth-order valence-electron chi connectivity index (χ4n) is 6.10. The Morgan fingerprint density at radius 3 is 2.43 bits per heavy atom. The molecule has 2 N–H and O–H groups in total. The van der Waals surface area contributed by atoms with Gasteiger partial charge in [0.2, 0.25) is 11.8 Å². The van der Waals surface area contributed by atoms with Gasteiger partial charge in [-0.2, -0.15) is 0 Å². The Labute approximate surface area is 239 Å². The van der Waals surface area contributed by atoms with Crippen molar-refractivity contribution in [2.75, 3.05) is 31.1 Å². The lowest BCUT2D eigenvalue weighted by atomic mass is 10.0. The summed E-state index contributed by atoms with van der Waals surface area (Å²) < 4.78 is 17.3. The molecule has 3 aromatic rings. The van der Waals surface area contributed by atoms with E-state index in [4.69, 9.17) is 0 Å². The van der Waals surface area contributed by atoms with Crippen molar-refractivity contribution in [3.8, 4) is 0 Å². The number of hydrogen-bond acceptors (Lipinski definition) is 10. The second kappa shape index (κ2) is 10.1. The number of imidazole rings is 1. The van der Waals surface area contributed by atoms with Gasteiger partial charge in [-0.3, -0.25) is 34.3 Å². The van der Waals surface area contributed by atoms with Crippen LogP contribution in [0.3, 0.4) is 0 Å². The molecule has 1 aromatic carbocycles. The fourth-order valence-corrected chi connectivity index (χ4v) is 6.10. The average molecular weight is 577 g/mol. The van der Waals surface area contributed by atoms with Gasteiger partial charge in [0.1, 0.15) is 23.7 Å². The van der Waals surface area contributed by atoms with E-state index in [-0.39, 0.29) is 41.7 Å². The standard InChI is InChI=1S/C27H29FN10O4/c1-2-21-29-13-18(30-21)23(24-32-33-34-38(24)14-3-4-14)36-9-7-35(8-10-36)20-12-16-15(11-17(20)28)26(41)37(27(16)42)19-5-6-22(39)31-25(19)40/h11-14,19,23H,2-10H2,1H3,(H,29,30)(H,31,39,40). The van der Waals surface area contributed by atoms with Gasteiger partial charge in [0.15, 0.2) is 5.82 Å². The van der Waals surface area contributed by atoms with Crippen molar-refractivity contribution in [1.29, 1.82) is 0 Å². The minimum absolute atomic E-state index is 0.0139. The van der Waals surface area contributed by atoms with E-state index in [1.54, 1.807) is 0 Å². The van der Waals surface area contributed by atoms with Gasteiger partial charge in [-0.15, -0.1) is 5.10 Å². The van der Waals surface area contributed by atoms with Crippen molar-refractivity contribution in [1.82, 2.24) is 45.3 Å². The van der Waals surface area contributed by atoms with E-state index in [1.165, 1.54) is 6.07 Å². The first-order valence-electron chi connectivity index (χ1n) is 14.2. The van der Waals surface area contributed by atoms with Gasteiger partial charge in [0, 0.05) is 39.0 Å². The Morgan fingerprint density at radius 2 is 1.76 bits per heavy atom. The minimum Gasteiger partial charge on any atom is -0.367 e. The quantitative estimate of drug-likeness (QED) is 0.384. The van der Waals surface area contributed by atoms with Crippen molar-refractivity contribution in [2.24, 2.45) is 0 Å². The van der Waals surface area contributed by atoms with Crippen molar-refractivity contribution >= 4 is 29.3 Å². The maximum absolute atomic E-state index is 15.5. The summed E-state index contributed by atoms with van der Waals surface area (Å²) in [6.45, 7) is 4.02. The van der Waals surface area contributed by atoms with Gasteiger partial charge in [0.05, 0.1) is 34.7 Å². The number of nitrogens with zero attached hydrogens (tertiary/aromatic N) is 8. The third kappa shape index (κ3) is 4.35. The SMILES string of the molecule is CCc1ncc(C(c2nnnn2C2CC2)N2CCN(c3cc4c(cc3F)C(=O)N(C3CCC(=O)NC3=O)C4=O)CC2)[nH]1. The van der Waals surface area contributed by atoms with Crippen LogP contribution in [0.25, 0.3) is 0 Å². The number of fused-ring (bicyclic) bond motifs is 1. The zero-order chi connectivity index (χ0) is 29.1. The maximum atomic E-state index is 15.5. The molecule has 218 valence electrons. The normalized spacial score (nSPS) is 22.1. The second-order valence-electron chi connectivity index (χ2n) is 11.1. The number of aromatic nitrogens is 6. The number of halogens is 1. The molecule has 0 spiro atoms. The molecule has 3 aliphatic heterocycles. The highest BCUT2D eigenvalue weighted by molar-refractivity contribution is 6.23. The van der Waals surface area contributed by atoms with Crippen molar-refractivity contribution in [3.63, 3.8) is 0 Å². The summed E-state index contributed by atoms with van der Waals surface area (Å²) >= 11 is 0. The van der Waals surface area contributed by atoms with E-state index in [0.717, 1.165) is 47.6 Å². The molecular weight excluding hydrogens is 547 g/mol. The van der Waals surface area contributed by atoms with Crippen LogP contribution in [-0.2, 0) is 16.0 Å². The summed E-state index contributed by atoms with van der Waals surface area (Å²) in [5.74, 6) is -1.58. The highest BCUT2D eigenvalue weighted by Crippen LogP contribution is 2.38. The van der Waals surface area contributed by atoms with Crippen LogP contribution in [0, 0.1) is 5.82 Å². The molecule has 4 amide bonds. The number of benzene rings is 1. The van der Waals surface area contributed by atoms with Crippen LogP contribution in [0.5, 0.6) is 0 Å². The summed E-state index contributed by atoms with van der Waals surface area (Å²) in [5, 5.41) is 14.8. The molecule has 2 unspecified atom stereocenters. The van der Waals surface area contributed by atoms with Crippen molar-refractivity contribution < 1.29 is 23.6 Å². The summed E-state index contributed by atoms with van der Waals surface area (Å²) in [6, 6.07) is 1.39. The number of nitrogens with one attached hydrogen (secondary N) is 2. The van der Waals surface area contributed by atoms with E-state index < -0.39 is 35.5 Å². The van der Waals surface area contributed by atoms with Gasteiger partial charge in [-0.05, 0) is 41.8 Å². The van der Waals surface area contributed by atoms with E-state index in [9.17, 15) is 19.2 Å². The van der Waals surface area contributed by atoms with Crippen molar-refractivity contribution in [2.45, 2.75) is 57.2 Å². The van der Waals surface area contributed by atoms with Gasteiger partial charge in [-0.25, -0.2) is 14.1 Å². The molecule has 14 nitrogen and oxygen atoms in total. The molecule has 1 saturated carbocycles. The van der Waals surface area contributed by atoms with Gasteiger partial charge in [-0.1, -0.05) is 6.92 Å². The van der Waals surface area contributed by atoms with E-state index in [1.807, 2.05) is 22.7 Å². The molecule has 0 radical (unpaired) electrons. The average Bonchev–Trinajstić information content (AvgIpc) is 3.43. The first kappa shape index (κ1) is 26.4. The number of aromatic amines is 1. The van der Waals surface area contributed by atoms with Crippen LogP contribution in [-0.4, -0.2) is 95.8 Å². The summed E-state index contributed by atoms with van der Waals surface area (Å²) in [6.07, 6.45) is 4.68. The number of amides is 4. The molecule has 5 heterocycles. The molecule has 7 rings (SSSR count). The molecule has 2 atom stereocenters. The number of carbonyl (C=O) groups excluding carboxylic acids is 4. The lowest BCUT2D eigenvalue weighted by Gasteiger charge is -2.39. The number of tetrazole rings is 1. The molecule has 2 saturated heterocycles.